The Labute approximate surface area is 144 Å². The topological polar surface area (TPSA) is 82.6 Å². The first-order valence-corrected chi connectivity index (χ1v) is 9.19. The molecule has 3 aliphatic heterocycles. The smallest absolute Gasteiger partial charge is 0.273 e. The molecule has 8 heteroatoms. The van der Waals surface area contributed by atoms with E-state index in [9.17, 15) is 14.4 Å². The first kappa shape index (κ1) is 15.6. The van der Waals surface area contributed by atoms with Gasteiger partial charge in [0.2, 0.25) is 11.8 Å². The fourth-order valence-corrected chi connectivity index (χ4v) is 4.93. The van der Waals surface area contributed by atoms with Crippen LogP contribution in [-0.2, 0) is 9.59 Å². The standard InChI is InChI=1S/C16H20N4O3S/c1-10(21)20-6-11-12(7-20)16(18-14(11)22)2-4-19(5-3-16)15(23)13-8-24-9-17-13/h8-9,11-12H,2-7H2,1H3,(H,18,22)/t11-,12+/m1/s1. The van der Waals surface area contributed by atoms with Gasteiger partial charge in [0.05, 0.1) is 11.4 Å². The minimum atomic E-state index is -0.273. The van der Waals surface area contributed by atoms with E-state index < -0.39 is 0 Å². The molecule has 3 amide bonds. The van der Waals surface area contributed by atoms with E-state index >= 15 is 0 Å². The summed E-state index contributed by atoms with van der Waals surface area (Å²) in [5, 5.41) is 4.96. The minimum absolute atomic E-state index is 0.0310. The number of thiazole rings is 1. The molecule has 1 spiro atoms. The van der Waals surface area contributed by atoms with Gasteiger partial charge in [-0.25, -0.2) is 4.98 Å². The molecular formula is C16H20N4O3S. The molecule has 3 saturated heterocycles. The number of fused-ring (bicyclic) bond motifs is 2. The molecule has 0 radical (unpaired) electrons. The number of hydrogen-bond donors (Lipinski definition) is 1. The predicted octanol–water partition coefficient (Wildman–Crippen LogP) is 0.342. The van der Waals surface area contributed by atoms with Crippen LogP contribution in [0.2, 0.25) is 0 Å². The summed E-state index contributed by atoms with van der Waals surface area (Å²) in [7, 11) is 0. The number of aromatic nitrogens is 1. The lowest BCUT2D eigenvalue weighted by molar-refractivity contribution is -0.129. The van der Waals surface area contributed by atoms with Crippen LogP contribution in [0.3, 0.4) is 0 Å². The zero-order valence-electron chi connectivity index (χ0n) is 13.5. The molecular weight excluding hydrogens is 328 g/mol. The van der Waals surface area contributed by atoms with Gasteiger partial charge in [0.15, 0.2) is 0 Å². The summed E-state index contributed by atoms with van der Waals surface area (Å²) in [6, 6.07) is 0. The van der Waals surface area contributed by atoms with Gasteiger partial charge in [-0.2, -0.15) is 0 Å². The van der Waals surface area contributed by atoms with Crippen molar-refractivity contribution in [3.63, 3.8) is 0 Å². The summed E-state index contributed by atoms with van der Waals surface area (Å²) in [6.45, 7) is 3.94. The van der Waals surface area contributed by atoms with Crippen LogP contribution >= 0.6 is 11.3 Å². The number of carbonyl (C=O) groups is 3. The molecule has 0 bridgehead atoms. The number of rotatable bonds is 1. The predicted molar refractivity (Wildman–Crippen MR) is 87.4 cm³/mol. The highest BCUT2D eigenvalue weighted by Crippen LogP contribution is 2.44. The summed E-state index contributed by atoms with van der Waals surface area (Å²) in [4.78, 5) is 44.1. The molecule has 2 atom stereocenters. The van der Waals surface area contributed by atoms with Gasteiger partial charge in [-0.15, -0.1) is 11.3 Å². The Bertz CT molecular complexity index is 682. The van der Waals surface area contributed by atoms with Crippen LogP contribution in [0.4, 0.5) is 0 Å². The summed E-state index contributed by atoms with van der Waals surface area (Å²) in [6.07, 6.45) is 1.48. The van der Waals surface area contributed by atoms with Crippen molar-refractivity contribution in [3.05, 3.63) is 16.6 Å². The monoisotopic (exact) mass is 348 g/mol. The summed E-state index contributed by atoms with van der Waals surface area (Å²) in [5.41, 5.74) is 1.88. The van der Waals surface area contributed by atoms with Crippen molar-refractivity contribution in [3.8, 4) is 0 Å². The van der Waals surface area contributed by atoms with Gasteiger partial charge in [-0.1, -0.05) is 0 Å². The van der Waals surface area contributed by atoms with E-state index in [4.69, 9.17) is 0 Å². The first-order valence-electron chi connectivity index (χ1n) is 8.25. The molecule has 0 unspecified atom stereocenters. The third kappa shape index (κ3) is 2.31. The van der Waals surface area contributed by atoms with Crippen LogP contribution < -0.4 is 5.32 Å². The lowest BCUT2D eigenvalue weighted by atomic mass is 9.75. The van der Waals surface area contributed by atoms with Gasteiger partial charge in [0, 0.05) is 49.9 Å². The van der Waals surface area contributed by atoms with Crippen molar-refractivity contribution in [1.29, 1.82) is 0 Å². The van der Waals surface area contributed by atoms with Gasteiger partial charge in [-0.05, 0) is 12.8 Å². The Morgan fingerprint density at radius 2 is 2.04 bits per heavy atom. The van der Waals surface area contributed by atoms with Gasteiger partial charge in [0.1, 0.15) is 5.69 Å². The fourth-order valence-electron chi connectivity index (χ4n) is 4.40. The van der Waals surface area contributed by atoms with E-state index in [0.717, 1.165) is 12.8 Å². The molecule has 24 heavy (non-hydrogen) atoms. The maximum Gasteiger partial charge on any atom is 0.273 e. The maximum absolute atomic E-state index is 12.4. The highest BCUT2D eigenvalue weighted by atomic mass is 32.1. The van der Waals surface area contributed by atoms with Crippen LogP contribution in [0.1, 0.15) is 30.3 Å². The van der Waals surface area contributed by atoms with Crippen molar-refractivity contribution in [2.75, 3.05) is 26.2 Å². The first-order chi connectivity index (χ1) is 11.5. The fraction of sp³-hybridized carbons (Fsp3) is 0.625. The number of hydrogen-bond acceptors (Lipinski definition) is 5. The Hall–Kier alpha value is -1.96. The van der Waals surface area contributed by atoms with Crippen molar-refractivity contribution in [2.24, 2.45) is 11.8 Å². The number of nitrogens with zero attached hydrogens (tertiary/aromatic N) is 3. The Kier molecular flexibility index (Phi) is 3.59. The van der Waals surface area contributed by atoms with Gasteiger partial charge >= 0.3 is 0 Å². The zero-order chi connectivity index (χ0) is 16.9. The molecule has 0 saturated carbocycles. The van der Waals surface area contributed by atoms with Crippen molar-refractivity contribution < 1.29 is 14.4 Å². The van der Waals surface area contributed by atoms with E-state index in [-0.39, 0.29) is 35.1 Å². The highest BCUT2D eigenvalue weighted by Gasteiger charge is 2.57. The Morgan fingerprint density at radius 3 is 2.67 bits per heavy atom. The second-order valence-electron chi connectivity index (χ2n) is 6.95. The zero-order valence-corrected chi connectivity index (χ0v) is 14.3. The molecule has 3 fully saturated rings. The van der Waals surface area contributed by atoms with Gasteiger partial charge in [-0.3, -0.25) is 14.4 Å². The molecule has 7 nitrogen and oxygen atoms in total. The third-order valence-electron chi connectivity index (χ3n) is 5.78. The van der Waals surface area contributed by atoms with E-state index in [1.807, 2.05) is 4.90 Å². The van der Waals surface area contributed by atoms with E-state index in [1.54, 1.807) is 22.7 Å². The second kappa shape index (κ2) is 5.54. The molecule has 1 aromatic rings. The van der Waals surface area contributed by atoms with Gasteiger partial charge < -0.3 is 15.1 Å². The number of carbonyl (C=O) groups excluding carboxylic acids is 3. The van der Waals surface area contributed by atoms with Crippen molar-refractivity contribution in [1.82, 2.24) is 20.1 Å². The Morgan fingerprint density at radius 1 is 1.29 bits per heavy atom. The molecule has 128 valence electrons. The van der Waals surface area contributed by atoms with Crippen LogP contribution in [0.5, 0.6) is 0 Å². The maximum atomic E-state index is 12.4. The molecule has 0 aromatic carbocycles. The minimum Gasteiger partial charge on any atom is -0.350 e. The molecule has 3 aliphatic rings. The van der Waals surface area contributed by atoms with E-state index in [2.05, 4.69) is 10.3 Å². The SMILES string of the molecule is CC(=O)N1C[C@H]2C(=O)NC3(CCN(C(=O)c4cscn4)CC3)[C@H]2C1. The number of piperidine rings is 1. The number of nitrogens with one attached hydrogen (secondary N) is 1. The normalized spacial score (nSPS) is 28.1. The quantitative estimate of drug-likeness (QED) is 0.793. The average Bonchev–Trinajstić information content (AvgIpc) is 3.27. The molecule has 4 rings (SSSR count). The van der Waals surface area contributed by atoms with E-state index in [0.29, 0.717) is 31.9 Å². The van der Waals surface area contributed by atoms with Crippen molar-refractivity contribution in [2.45, 2.75) is 25.3 Å². The number of likely N-dealkylation sites (tertiary alicyclic amines) is 2. The molecule has 0 aliphatic carbocycles. The van der Waals surface area contributed by atoms with E-state index in [1.165, 1.54) is 11.3 Å². The summed E-state index contributed by atoms with van der Waals surface area (Å²) in [5.74, 6) is 0.107. The highest BCUT2D eigenvalue weighted by molar-refractivity contribution is 7.07. The lowest BCUT2D eigenvalue weighted by Crippen LogP contribution is -2.56. The lowest BCUT2D eigenvalue weighted by Gasteiger charge is -2.42. The third-order valence-corrected chi connectivity index (χ3v) is 6.36. The molecule has 1 aromatic heterocycles. The van der Waals surface area contributed by atoms with Gasteiger partial charge in [0.25, 0.3) is 5.91 Å². The molecule has 1 N–H and O–H groups in total. The van der Waals surface area contributed by atoms with Crippen LogP contribution in [0.25, 0.3) is 0 Å². The summed E-state index contributed by atoms with van der Waals surface area (Å²) < 4.78 is 0. The molecule has 4 heterocycles. The second-order valence-corrected chi connectivity index (χ2v) is 7.67. The number of amides is 3. The Balaban J connectivity index is 1.47. The average molecular weight is 348 g/mol. The van der Waals surface area contributed by atoms with Crippen molar-refractivity contribution >= 4 is 29.1 Å². The van der Waals surface area contributed by atoms with Crippen LogP contribution in [0.15, 0.2) is 10.9 Å². The largest absolute Gasteiger partial charge is 0.350 e. The summed E-state index contributed by atoms with van der Waals surface area (Å²) >= 11 is 1.41. The van der Waals surface area contributed by atoms with Crippen LogP contribution in [0, 0.1) is 11.8 Å². The van der Waals surface area contributed by atoms with Crippen LogP contribution in [-0.4, -0.2) is 64.2 Å².